The van der Waals surface area contributed by atoms with E-state index in [1.54, 1.807) is 54.6 Å². The molecule has 0 aliphatic heterocycles. The molecular weight excluding hydrogens is 412 g/mol. The summed E-state index contributed by atoms with van der Waals surface area (Å²) < 4.78 is 1.06. The third-order valence-corrected chi connectivity index (χ3v) is 4.81. The second-order valence-corrected chi connectivity index (χ2v) is 6.93. The summed E-state index contributed by atoms with van der Waals surface area (Å²) >= 11 is 0. The van der Waals surface area contributed by atoms with Gasteiger partial charge in [-0.2, -0.15) is 0 Å². The monoisotopic (exact) mass is 428 g/mol. The minimum Gasteiger partial charge on any atom is -0.324 e. The number of hydrogen-bond acceptors (Lipinski definition) is 6. The van der Waals surface area contributed by atoms with E-state index in [4.69, 9.17) is 0 Å². The summed E-state index contributed by atoms with van der Waals surface area (Å²) in [5.74, 6) is -0.801. The number of hydrogen-bond donors (Lipinski definition) is 1. The van der Waals surface area contributed by atoms with Gasteiger partial charge in [-0.3, -0.25) is 29.1 Å². The van der Waals surface area contributed by atoms with E-state index in [0.717, 1.165) is 10.6 Å². The van der Waals surface area contributed by atoms with E-state index in [9.17, 15) is 24.5 Å². The molecule has 0 unspecified atom stereocenters. The summed E-state index contributed by atoms with van der Waals surface area (Å²) in [5.41, 5.74) is 0.562. The summed E-state index contributed by atoms with van der Waals surface area (Å²) in [5, 5.41) is 13.7. The van der Waals surface area contributed by atoms with Crippen molar-refractivity contribution >= 4 is 34.0 Å². The lowest BCUT2D eigenvalue weighted by Gasteiger charge is -2.11. The molecule has 0 aliphatic rings. The fraction of sp³-hybridized carbons (Fsp3) is 0.0435. The van der Waals surface area contributed by atoms with Gasteiger partial charge in [0.05, 0.1) is 27.8 Å². The molecule has 32 heavy (non-hydrogen) atoms. The van der Waals surface area contributed by atoms with E-state index in [1.807, 2.05) is 0 Å². The lowest BCUT2D eigenvalue weighted by Crippen LogP contribution is -2.28. The van der Waals surface area contributed by atoms with Crippen molar-refractivity contribution in [2.24, 2.45) is 0 Å². The smallest absolute Gasteiger partial charge is 0.270 e. The SMILES string of the molecule is O=C(Cn1cnc2ccc([N+](=O)[O-])cc2c1=O)Nc1ccccc1C(=O)c1ccccc1. The maximum Gasteiger partial charge on any atom is 0.270 e. The number of amides is 1. The molecule has 9 nitrogen and oxygen atoms in total. The largest absolute Gasteiger partial charge is 0.324 e. The van der Waals surface area contributed by atoms with E-state index in [0.29, 0.717) is 16.8 Å². The predicted molar refractivity (Wildman–Crippen MR) is 118 cm³/mol. The molecule has 1 aromatic heterocycles. The highest BCUT2D eigenvalue weighted by molar-refractivity contribution is 6.13. The highest BCUT2D eigenvalue weighted by Crippen LogP contribution is 2.20. The first kappa shape index (κ1) is 20.6. The van der Waals surface area contributed by atoms with Gasteiger partial charge < -0.3 is 5.32 Å². The number of para-hydroxylation sites is 1. The summed E-state index contributed by atoms with van der Waals surface area (Å²) in [6, 6.07) is 19.0. The predicted octanol–water partition coefficient (Wildman–Crippen LogP) is 3.17. The molecular formula is C23H16N4O5. The molecule has 1 amide bonds. The number of ketones is 1. The average Bonchev–Trinajstić information content (AvgIpc) is 2.81. The van der Waals surface area contributed by atoms with Crippen LogP contribution in [-0.4, -0.2) is 26.2 Å². The standard InChI is InChI=1S/C23H16N4O5/c28-21(13-26-14-24-19-11-10-16(27(31)32)12-18(19)23(26)30)25-20-9-5-4-8-17(20)22(29)15-6-2-1-3-7-15/h1-12,14H,13H2,(H,25,28). The summed E-state index contributed by atoms with van der Waals surface area (Å²) in [4.78, 5) is 52.7. The first-order valence-corrected chi connectivity index (χ1v) is 9.56. The Kier molecular flexibility index (Phi) is 5.54. The Morgan fingerprint density at radius 1 is 1.00 bits per heavy atom. The molecule has 3 aromatic carbocycles. The summed E-state index contributed by atoms with van der Waals surface area (Å²) in [6.45, 7) is -0.377. The van der Waals surface area contributed by atoms with E-state index in [1.165, 1.54) is 18.5 Å². The Morgan fingerprint density at radius 2 is 1.72 bits per heavy atom. The van der Waals surface area contributed by atoms with Gasteiger partial charge >= 0.3 is 0 Å². The number of benzene rings is 3. The number of carbonyl (C=O) groups is 2. The van der Waals surface area contributed by atoms with Crippen LogP contribution < -0.4 is 10.9 Å². The average molecular weight is 428 g/mol. The van der Waals surface area contributed by atoms with Gasteiger partial charge in [0.2, 0.25) is 5.91 Å². The zero-order valence-corrected chi connectivity index (χ0v) is 16.6. The number of nitrogens with one attached hydrogen (secondary N) is 1. The highest BCUT2D eigenvalue weighted by atomic mass is 16.6. The minimum absolute atomic E-state index is 0.0363. The zero-order valence-electron chi connectivity index (χ0n) is 16.6. The van der Waals surface area contributed by atoms with Gasteiger partial charge in [-0.15, -0.1) is 0 Å². The molecule has 0 saturated carbocycles. The molecule has 9 heteroatoms. The van der Waals surface area contributed by atoms with E-state index < -0.39 is 16.4 Å². The number of carbonyl (C=O) groups excluding carboxylic acids is 2. The van der Waals surface area contributed by atoms with Gasteiger partial charge in [0, 0.05) is 23.3 Å². The first-order chi connectivity index (χ1) is 15.4. The van der Waals surface area contributed by atoms with Crippen LogP contribution in [0.3, 0.4) is 0 Å². The number of non-ortho nitro benzene ring substituents is 1. The number of nitrogens with zero attached hydrogens (tertiary/aromatic N) is 3. The van der Waals surface area contributed by atoms with Crippen molar-refractivity contribution in [3.05, 3.63) is 111 Å². The fourth-order valence-corrected chi connectivity index (χ4v) is 3.25. The van der Waals surface area contributed by atoms with Gasteiger partial charge in [0.25, 0.3) is 11.2 Å². The van der Waals surface area contributed by atoms with Gasteiger partial charge in [0.1, 0.15) is 6.54 Å². The van der Waals surface area contributed by atoms with E-state index in [-0.39, 0.29) is 28.9 Å². The molecule has 0 atom stereocenters. The van der Waals surface area contributed by atoms with Crippen molar-refractivity contribution in [1.29, 1.82) is 0 Å². The lowest BCUT2D eigenvalue weighted by atomic mass is 10.0. The molecule has 158 valence electrons. The Balaban J connectivity index is 1.59. The van der Waals surface area contributed by atoms with E-state index >= 15 is 0 Å². The molecule has 0 aliphatic carbocycles. The van der Waals surface area contributed by atoms with Gasteiger partial charge in [-0.25, -0.2) is 4.98 Å². The number of anilines is 1. The maximum atomic E-state index is 12.8. The van der Waals surface area contributed by atoms with Crippen LogP contribution in [0, 0.1) is 10.1 Å². The van der Waals surface area contributed by atoms with Crippen LogP contribution in [0.15, 0.2) is 83.9 Å². The fourth-order valence-electron chi connectivity index (χ4n) is 3.25. The molecule has 0 radical (unpaired) electrons. The topological polar surface area (TPSA) is 124 Å². The quantitative estimate of drug-likeness (QED) is 0.286. The van der Waals surface area contributed by atoms with Crippen LogP contribution in [0.4, 0.5) is 11.4 Å². The second kappa shape index (κ2) is 8.60. The second-order valence-electron chi connectivity index (χ2n) is 6.93. The molecule has 0 spiro atoms. The lowest BCUT2D eigenvalue weighted by molar-refractivity contribution is -0.384. The molecule has 1 N–H and O–H groups in total. The van der Waals surface area contributed by atoms with Gasteiger partial charge in [0.15, 0.2) is 5.78 Å². The van der Waals surface area contributed by atoms with Crippen molar-refractivity contribution < 1.29 is 14.5 Å². The van der Waals surface area contributed by atoms with Crippen molar-refractivity contribution in [2.45, 2.75) is 6.54 Å². The Bertz CT molecular complexity index is 1410. The first-order valence-electron chi connectivity index (χ1n) is 9.56. The summed E-state index contributed by atoms with van der Waals surface area (Å²) in [7, 11) is 0. The number of nitro benzene ring substituents is 1. The number of fused-ring (bicyclic) bond motifs is 1. The van der Waals surface area contributed by atoms with Crippen LogP contribution in [-0.2, 0) is 11.3 Å². The third kappa shape index (κ3) is 4.12. The zero-order chi connectivity index (χ0) is 22.7. The molecule has 1 heterocycles. The molecule has 0 saturated heterocycles. The Labute approximate surface area is 181 Å². The van der Waals surface area contributed by atoms with Crippen LogP contribution in [0.2, 0.25) is 0 Å². The Hall–Kier alpha value is -4.66. The van der Waals surface area contributed by atoms with Crippen LogP contribution in [0.1, 0.15) is 15.9 Å². The number of aromatic nitrogens is 2. The third-order valence-electron chi connectivity index (χ3n) is 4.81. The van der Waals surface area contributed by atoms with Crippen LogP contribution in [0.5, 0.6) is 0 Å². The van der Waals surface area contributed by atoms with Crippen LogP contribution in [0.25, 0.3) is 10.9 Å². The number of nitro groups is 1. The van der Waals surface area contributed by atoms with Gasteiger partial charge in [-0.05, 0) is 18.2 Å². The summed E-state index contributed by atoms with van der Waals surface area (Å²) in [6.07, 6.45) is 1.21. The van der Waals surface area contributed by atoms with Crippen molar-refractivity contribution in [2.75, 3.05) is 5.32 Å². The van der Waals surface area contributed by atoms with E-state index in [2.05, 4.69) is 10.3 Å². The minimum atomic E-state index is -0.608. The van der Waals surface area contributed by atoms with Crippen molar-refractivity contribution in [1.82, 2.24) is 9.55 Å². The number of rotatable bonds is 6. The molecule has 4 aromatic rings. The molecule has 0 bridgehead atoms. The molecule has 4 rings (SSSR count). The Morgan fingerprint density at radius 3 is 2.47 bits per heavy atom. The van der Waals surface area contributed by atoms with Crippen molar-refractivity contribution in [3.63, 3.8) is 0 Å². The van der Waals surface area contributed by atoms with Crippen molar-refractivity contribution in [3.8, 4) is 0 Å². The van der Waals surface area contributed by atoms with Gasteiger partial charge in [-0.1, -0.05) is 42.5 Å². The van der Waals surface area contributed by atoms with Crippen LogP contribution >= 0.6 is 0 Å². The normalized spacial score (nSPS) is 10.6. The highest BCUT2D eigenvalue weighted by Gasteiger charge is 2.16. The maximum absolute atomic E-state index is 12.8. The molecule has 0 fully saturated rings.